The van der Waals surface area contributed by atoms with Crippen molar-refractivity contribution in [1.29, 1.82) is 0 Å². The second kappa shape index (κ2) is 5.87. The molecule has 0 bridgehead atoms. The van der Waals surface area contributed by atoms with Gasteiger partial charge in [0.15, 0.2) is 6.10 Å². The van der Waals surface area contributed by atoms with Crippen molar-refractivity contribution in [2.45, 2.75) is 47.6 Å². The quantitative estimate of drug-likeness (QED) is 0.430. The second-order valence-electron chi connectivity index (χ2n) is 6.78. The van der Waals surface area contributed by atoms with E-state index in [1.54, 1.807) is 0 Å². The first-order chi connectivity index (χ1) is 9.12. The molecule has 0 aromatic heterocycles. The standard InChI is InChI=1S/C18H26O2/c1-9-15(13(6)12(4)5)20-17(19)16-14(10-11(2)3)18(16,7)8/h1,10,12,14-16H,6H2,2-5,7-8H3. The molecule has 3 unspecified atom stereocenters. The fourth-order valence-corrected chi connectivity index (χ4v) is 2.51. The Kier molecular flexibility index (Phi) is 4.86. The lowest BCUT2D eigenvalue weighted by Gasteiger charge is -2.18. The van der Waals surface area contributed by atoms with Crippen molar-refractivity contribution in [3.63, 3.8) is 0 Å². The van der Waals surface area contributed by atoms with Crippen LogP contribution in [0, 0.1) is 35.5 Å². The van der Waals surface area contributed by atoms with Crippen LogP contribution in [0.1, 0.15) is 41.5 Å². The second-order valence-corrected chi connectivity index (χ2v) is 6.78. The monoisotopic (exact) mass is 274 g/mol. The van der Waals surface area contributed by atoms with Gasteiger partial charge in [0.05, 0.1) is 5.92 Å². The lowest BCUT2D eigenvalue weighted by Crippen LogP contribution is -2.23. The summed E-state index contributed by atoms with van der Waals surface area (Å²) in [7, 11) is 0. The van der Waals surface area contributed by atoms with Crippen LogP contribution in [0.15, 0.2) is 23.8 Å². The Morgan fingerprint density at radius 2 is 1.95 bits per heavy atom. The van der Waals surface area contributed by atoms with E-state index < -0.39 is 6.10 Å². The number of esters is 1. The molecule has 3 atom stereocenters. The summed E-state index contributed by atoms with van der Waals surface area (Å²) in [6, 6.07) is 0. The van der Waals surface area contributed by atoms with Crippen molar-refractivity contribution in [2.24, 2.45) is 23.2 Å². The predicted octanol–water partition coefficient (Wildman–Crippen LogP) is 3.98. The molecule has 0 aromatic carbocycles. The summed E-state index contributed by atoms with van der Waals surface area (Å²) in [5.41, 5.74) is 1.95. The first-order valence-corrected chi connectivity index (χ1v) is 7.13. The molecule has 2 nitrogen and oxygen atoms in total. The zero-order valence-corrected chi connectivity index (χ0v) is 13.5. The highest BCUT2D eigenvalue weighted by molar-refractivity contribution is 5.79. The minimum Gasteiger partial charge on any atom is -0.444 e. The summed E-state index contributed by atoms with van der Waals surface area (Å²) in [6.45, 7) is 16.2. The molecule has 1 saturated carbocycles. The maximum atomic E-state index is 12.3. The maximum absolute atomic E-state index is 12.3. The fourth-order valence-electron chi connectivity index (χ4n) is 2.51. The molecule has 1 aliphatic carbocycles. The van der Waals surface area contributed by atoms with Gasteiger partial charge >= 0.3 is 5.97 Å². The average molecular weight is 274 g/mol. The van der Waals surface area contributed by atoms with Crippen LogP contribution in [-0.4, -0.2) is 12.1 Å². The van der Waals surface area contributed by atoms with E-state index in [0.717, 1.165) is 5.57 Å². The summed E-state index contributed by atoms with van der Waals surface area (Å²) in [4.78, 5) is 12.3. The minimum atomic E-state index is -0.619. The summed E-state index contributed by atoms with van der Waals surface area (Å²) in [5.74, 6) is 2.65. The third-order valence-electron chi connectivity index (χ3n) is 4.14. The van der Waals surface area contributed by atoms with Gasteiger partial charge in [-0.3, -0.25) is 4.79 Å². The van der Waals surface area contributed by atoms with Crippen molar-refractivity contribution in [2.75, 3.05) is 0 Å². The van der Waals surface area contributed by atoms with Crippen LogP contribution >= 0.6 is 0 Å². The number of terminal acetylenes is 1. The summed E-state index contributed by atoms with van der Waals surface area (Å²) in [5, 5.41) is 0. The van der Waals surface area contributed by atoms with Crippen molar-refractivity contribution in [1.82, 2.24) is 0 Å². The molecule has 1 rings (SSSR count). The van der Waals surface area contributed by atoms with E-state index in [0.29, 0.717) is 0 Å². The van der Waals surface area contributed by atoms with E-state index in [1.165, 1.54) is 5.57 Å². The highest BCUT2D eigenvalue weighted by Crippen LogP contribution is 2.60. The van der Waals surface area contributed by atoms with E-state index in [-0.39, 0.29) is 29.1 Å². The molecule has 0 aliphatic heterocycles. The average Bonchev–Trinajstić information content (AvgIpc) is 2.85. The molecule has 0 heterocycles. The third kappa shape index (κ3) is 3.33. The number of carbonyl (C=O) groups is 1. The van der Waals surface area contributed by atoms with Gasteiger partial charge in [0.25, 0.3) is 0 Å². The van der Waals surface area contributed by atoms with Gasteiger partial charge in [-0.2, -0.15) is 0 Å². The van der Waals surface area contributed by atoms with E-state index in [2.05, 4.69) is 32.4 Å². The summed E-state index contributed by atoms with van der Waals surface area (Å²) in [6.07, 6.45) is 6.99. The van der Waals surface area contributed by atoms with Crippen LogP contribution < -0.4 is 0 Å². The highest BCUT2D eigenvalue weighted by Gasteiger charge is 2.61. The molecule has 0 aromatic rings. The van der Waals surface area contributed by atoms with Gasteiger partial charge in [-0.1, -0.05) is 51.8 Å². The Hall–Kier alpha value is -1.49. The number of ether oxygens (including phenoxy) is 1. The van der Waals surface area contributed by atoms with E-state index in [4.69, 9.17) is 11.2 Å². The van der Waals surface area contributed by atoms with Gasteiger partial charge in [0.2, 0.25) is 0 Å². The van der Waals surface area contributed by atoms with Crippen LogP contribution in [-0.2, 0) is 9.53 Å². The molecule has 0 N–H and O–H groups in total. The van der Waals surface area contributed by atoms with Crippen LogP contribution in [0.25, 0.3) is 0 Å². The predicted molar refractivity (Wildman–Crippen MR) is 82.9 cm³/mol. The van der Waals surface area contributed by atoms with Gasteiger partial charge in [-0.05, 0) is 36.7 Å². The first kappa shape index (κ1) is 16.6. The lowest BCUT2D eigenvalue weighted by molar-refractivity contribution is -0.147. The van der Waals surface area contributed by atoms with Crippen LogP contribution in [0.3, 0.4) is 0 Å². The largest absolute Gasteiger partial charge is 0.444 e. The third-order valence-corrected chi connectivity index (χ3v) is 4.14. The number of allylic oxidation sites excluding steroid dienone is 2. The summed E-state index contributed by atoms with van der Waals surface area (Å²) < 4.78 is 5.49. The first-order valence-electron chi connectivity index (χ1n) is 7.13. The summed E-state index contributed by atoms with van der Waals surface area (Å²) >= 11 is 0. The van der Waals surface area contributed by atoms with Crippen molar-refractivity contribution in [3.05, 3.63) is 23.8 Å². The number of carbonyl (C=O) groups excluding carboxylic acids is 1. The molecule has 1 fully saturated rings. The van der Waals surface area contributed by atoms with Crippen molar-refractivity contribution < 1.29 is 9.53 Å². The fraction of sp³-hybridized carbons (Fsp3) is 0.611. The smallest absolute Gasteiger partial charge is 0.311 e. The van der Waals surface area contributed by atoms with Crippen molar-refractivity contribution >= 4 is 5.97 Å². The van der Waals surface area contributed by atoms with E-state index in [1.807, 2.05) is 27.7 Å². The van der Waals surface area contributed by atoms with Gasteiger partial charge in [-0.25, -0.2) is 0 Å². The van der Waals surface area contributed by atoms with Gasteiger partial charge in [0, 0.05) is 0 Å². The molecule has 0 saturated heterocycles. The molecule has 20 heavy (non-hydrogen) atoms. The molecule has 0 radical (unpaired) electrons. The van der Waals surface area contributed by atoms with Crippen LogP contribution in [0.5, 0.6) is 0 Å². The Bertz CT molecular complexity index is 470. The Labute approximate surface area is 123 Å². The molecule has 0 amide bonds. The maximum Gasteiger partial charge on any atom is 0.311 e. The molecule has 2 heteroatoms. The molecule has 1 aliphatic rings. The highest BCUT2D eigenvalue weighted by atomic mass is 16.5. The molecular formula is C18H26O2. The Morgan fingerprint density at radius 3 is 2.35 bits per heavy atom. The van der Waals surface area contributed by atoms with Crippen LogP contribution in [0.4, 0.5) is 0 Å². The van der Waals surface area contributed by atoms with Gasteiger partial charge in [-0.15, -0.1) is 6.42 Å². The van der Waals surface area contributed by atoms with Crippen LogP contribution in [0.2, 0.25) is 0 Å². The zero-order valence-electron chi connectivity index (χ0n) is 13.5. The molecule has 0 spiro atoms. The normalized spacial score (nSPS) is 24.5. The van der Waals surface area contributed by atoms with Gasteiger partial charge < -0.3 is 4.74 Å². The number of rotatable bonds is 5. The number of hydrogen-bond donors (Lipinski definition) is 0. The van der Waals surface area contributed by atoms with Crippen molar-refractivity contribution in [3.8, 4) is 12.3 Å². The number of hydrogen-bond acceptors (Lipinski definition) is 2. The lowest BCUT2D eigenvalue weighted by atomic mass is 10.00. The SMILES string of the molecule is C#CC(OC(=O)C1C(C=C(C)C)C1(C)C)C(=C)C(C)C. The molecular weight excluding hydrogens is 248 g/mol. The topological polar surface area (TPSA) is 26.3 Å². The Balaban J connectivity index is 2.76. The van der Waals surface area contributed by atoms with E-state index >= 15 is 0 Å². The van der Waals surface area contributed by atoms with Gasteiger partial charge in [0.1, 0.15) is 0 Å². The van der Waals surface area contributed by atoms with E-state index in [9.17, 15) is 4.79 Å². The molecule has 110 valence electrons. The zero-order chi connectivity index (χ0) is 15.7. The Morgan fingerprint density at radius 1 is 1.40 bits per heavy atom. The minimum absolute atomic E-state index is 0.0489.